The Kier molecular flexibility index (Phi) is 4.35. The van der Waals surface area contributed by atoms with Crippen molar-refractivity contribution >= 4 is 35.0 Å². The molecule has 106 valence electrons. The molecule has 0 atom stereocenters. The average Bonchev–Trinajstić information content (AvgIpc) is 2.36. The third kappa shape index (κ3) is 3.14. The summed E-state index contributed by atoms with van der Waals surface area (Å²) in [6.45, 7) is 4.21. The normalized spacial score (nSPS) is 11.1. The highest BCUT2D eigenvalue weighted by molar-refractivity contribution is 6.42. The molecule has 4 N–H and O–H groups in total. The van der Waals surface area contributed by atoms with E-state index in [-0.39, 0.29) is 5.95 Å². The van der Waals surface area contributed by atoms with Gasteiger partial charge in [-0.05, 0) is 29.2 Å². The Bertz CT molecular complexity index is 641. The third-order valence-corrected chi connectivity index (χ3v) is 3.82. The van der Waals surface area contributed by atoms with Crippen LogP contribution in [-0.2, 0) is 6.42 Å². The minimum absolute atomic E-state index is 0.171. The van der Waals surface area contributed by atoms with Crippen molar-refractivity contribution in [2.24, 2.45) is 0 Å². The van der Waals surface area contributed by atoms with E-state index in [0.29, 0.717) is 28.2 Å². The zero-order valence-electron chi connectivity index (χ0n) is 11.3. The molecule has 2 aromatic rings. The second-order valence-corrected chi connectivity index (χ2v) is 5.75. The molecule has 0 spiro atoms. The van der Waals surface area contributed by atoms with Crippen molar-refractivity contribution in [3.8, 4) is 0 Å². The summed E-state index contributed by atoms with van der Waals surface area (Å²) in [4.78, 5) is 7.95. The molecule has 6 heteroatoms. The lowest BCUT2D eigenvalue weighted by molar-refractivity contribution is 0.847. The molecule has 2 rings (SSSR count). The van der Waals surface area contributed by atoms with Crippen LogP contribution in [0.15, 0.2) is 18.3 Å². The SMILES string of the molecule is CC(C)c1cc(Cl)c(Cl)cc1Cc1cnc(N)nc1N. The van der Waals surface area contributed by atoms with Crippen molar-refractivity contribution in [1.29, 1.82) is 0 Å². The molecule has 0 saturated heterocycles. The van der Waals surface area contributed by atoms with Gasteiger partial charge in [-0.3, -0.25) is 0 Å². The highest BCUT2D eigenvalue weighted by Gasteiger charge is 2.13. The number of halogens is 2. The topological polar surface area (TPSA) is 77.8 Å². The van der Waals surface area contributed by atoms with Crippen LogP contribution in [0.4, 0.5) is 11.8 Å². The van der Waals surface area contributed by atoms with Gasteiger partial charge in [-0.25, -0.2) is 4.98 Å². The van der Waals surface area contributed by atoms with Gasteiger partial charge in [-0.1, -0.05) is 37.0 Å². The average molecular weight is 311 g/mol. The minimum atomic E-state index is 0.171. The van der Waals surface area contributed by atoms with E-state index in [0.717, 1.165) is 16.7 Å². The smallest absolute Gasteiger partial charge is 0.221 e. The van der Waals surface area contributed by atoms with Crippen molar-refractivity contribution in [3.63, 3.8) is 0 Å². The first-order valence-electron chi connectivity index (χ1n) is 6.23. The van der Waals surface area contributed by atoms with Crippen LogP contribution in [0.5, 0.6) is 0 Å². The number of hydrogen-bond donors (Lipinski definition) is 2. The number of aromatic nitrogens is 2. The van der Waals surface area contributed by atoms with Gasteiger partial charge in [0.15, 0.2) is 0 Å². The maximum Gasteiger partial charge on any atom is 0.221 e. The standard InChI is InChI=1S/C14H16Cl2N4/c1-7(2)10-5-12(16)11(15)4-8(10)3-9-6-19-14(18)20-13(9)17/h4-7H,3H2,1-2H3,(H4,17,18,19,20). The van der Waals surface area contributed by atoms with E-state index in [1.807, 2.05) is 12.1 Å². The highest BCUT2D eigenvalue weighted by Crippen LogP contribution is 2.31. The fourth-order valence-corrected chi connectivity index (χ4v) is 2.43. The van der Waals surface area contributed by atoms with Gasteiger partial charge in [-0.2, -0.15) is 4.98 Å². The lowest BCUT2D eigenvalue weighted by atomic mass is 9.93. The van der Waals surface area contributed by atoms with Crippen LogP contribution in [-0.4, -0.2) is 9.97 Å². The number of nitrogens with zero attached hydrogens (tertiary/aromatic N) is 2. The maximum absolute atomic E-state index is 6.11. The van der Waals surface area contributed by atoms with E-state index in [9.17, 15) is 0 Å². The molecule has 1 aromatic carbocycles. The first-order valence-corrected chi connectivity index (χ1v) is 6.98. The van der Waals surface area contributed by atoms with Crippen LogP contribution in [0.2, 0.25) is 10.0 Å². The fourth-order valence-electron chi connectivity index (χ4n) is 2.07. The lowest BCUT2D eigenvalue weighted by Crippen LogP contribution is -2.05. The molecule has 0 unspecified atom stereocenters. The van der Waals surface area contributed by atoms with Crippen molar-refractivity contribution in [1.82, 2.24) is 9.97 Å². The summed E-state index contributed by atoms with van der Waals surface area (Å²) >= 11 is 12.2. The Morgan fingerprint density at radius 3 is 2.35 bits per heavy atom. The summed E-state index contributed by atoms with van der Waals surface area (Å²) in [6, 6.07) is 3.77. The van der Waals surface area contributed by atoms with Gasteiger partial charge < -0.3 is 11.5 Å². The molecule has 1 aromatic heterocycles. The number of hydrogen-bond acceptors (Lipinski definition) is 4. The van der Waals surface area contributed by atoms with Gasteiger partial charge in [-0.15, -0.1) is 0 Å². The number of nitrogen functional groups attached to an aromatic ring is 2. The quantitative estimate of drug-likeness (QED) is 0.906. The molecular formula is C14H16Cl2N4. The van der Waals surface area contributed by atoms with Crippen LogP contribution >= 0.6 is 23.2 Å². The first-order chi connectivity index (χ1) is 9.38. The molecule has 0 bridgehead atoms. The van der Waals surface area contributed by atoms with E-state index in [2.05, 4.69) is 23.8 Å². The Hall–Kier alpha value is -1.52. The summed E-state index contributed by atoms with van der Waals surface area (Å²) < 4.78 is 0. The Labute approximate surface area is 128 Å². The van der Waals surface area contributed by atoms with Crippen LogP contribution < -0.4 is 11.5 Å². The van der Waals surface area contributed by atoms with Crippen LogP contribution in [0.1, 0.15) is 36.5 Å². The molecule has 0 aliphatic heterocycles. The van der Waals surface area contributed by atoms with Crippen LogP contribution in [0, 0.1) is 0 Å². The van der Waals surface area contributed by atoms with Gasteiger partial charge >= 0.3 is 0 Å². The molecule has 0 aliphatic rings. The predicted octanol–water partition coefficient (Wildman–Crippen LogP) is 3.66. The predicted molar refractivity (Wildman–Crippen MR) is 84.2 cm³/mol. The highest BCUT2D eigenvalue weighted by atomic mass is 35.5. The molecular weight excluding hydrogens is 295 g/mol. The van der Waals surface area contributed by atoms with Crippen LogP contribution in [0.3, 0.4) is 0 Å². The molecule has 0 radical (unpaired) electrons. The molecule has 0 saturated carbocycles. The number of nitrogens with two attached hydrogens (primary N) is 2. The molecule has 4 nitrogen and oxygen atoms in total. The zero-order chi connectivity index (χ0) is 14.9. The molecule has 20 heavy (non-hydrogen) atoms. The Morgan fingerprint density at radius 1 is 1.10 bits per heavy atom. The van der Waals surface area contributed by atoms with Gasteiger partial charge in [0.05, 0.1) is 10.0 Å². The fraction of sp³-hybridized carbons (Fsp3) is 0.286. The summed E-state index contributed by atoms with van der Waals surface area (Å²) in [7, 11) is 0. The number of anilines is 2. The van der Waals surface area contributed by atoms with Crippen molar-refractivity contribution in [3.05, 3.63) is 45.1 Å². The van der Waals surface area contributed by atoms with Gasteiger partial charge in [0, 0.05) is 18.2 Å². The van der Waals surface area contributed by atoms with Gasteiger partial charge in [0.1, 0.15) is 5.82 Å². The number of benzene rings is 1. The summed E-state index contributed by atoms with van der Waals surface area (Å²) in [6.07, 6.45) is 2.24. The second-order valence-electron chi connectivity index (χ2n) is 4.94. The minimum Gasteiger partial charge on any atom is -0.383 e. The molecule has 0 fully saturated rings. The van der Waals surface area contributed by atoms with E-state index in [1.54, 1.807) is 6.20 Å². The number of rotatable bonds is 3. The zero-order valence-corrected chi connectivity index (χ0v) is 12.8. The monoisotopic (exact) mass is 310 g/mol. The summed E-state index contributed by atoms with van der Waals surface area (Å²) in [5, 5.41) is 1.08. The Balaban J connectivity index is 2.44. The molecule has 0 amide bonds. The van der Waals surface area contributed by atoms with E-state index in [1.165, 1.54) is 0 Å². The Morgan fingerprint density at radius 2 is 1.75 bits per heavy atom. The largest absolute Gasteiger partial charge is 0.383 e. The van der Waals surface area contributed by atoms with Crippen LogP contribution in [0.25, 0.3) is 0 Å². The van der Waals surface area contributed by atoms with E-state index in [4.69, 9.17) is 34.7 Å². The van der Waals surface area contributed by atoms with Crippen molar-refractivity contribution < 1.29 is 0 Å². The second kappa shape index (κ2) is 5.85. The third-order valence-electron chi connectivity index (χ3n) is 3.10. The summed E-state index contributed by atoms with van der Waals surface area (Å²) in [5.74, 6) is 0.887. The van der Waals surface area contributed by atoms with Gasteiger partial charge in [0.25, 0.3) is 0 Å². The molecule has 0 aliphatic carbocycles. The summed E-state index contributed by atoms with van der Waals surface area (Å²) in [5.41, 5.74) is 14.4. The van der Waals surface area contributed by atoms with Gasteiger partial charge in [0.2, 0.25) is 5.95 Å². The lowest BCUT2D eigenvalue weighted by Gasteiger charge is -2.15. The maximum atomic E-state index is 6.11. The van der Waals surface area contributed by atoms with E-state index < -0.39 is 0 Å². The van der Waals surface area contributed by atoms with E-state index >= 15 is 0 Å². The van der Waals surface area contributed by atoms with Crippen molar-refractivity contribution in [2.45, 2.75) is 26.2 Å². The molecule has 1 heterocycles. The first kappa shape index (κ1) is 14.9. The van der Waals surface area contributed by atoms with Crippen molar-refractivity contribution in [2.75, 3.05) is 11.5 Å².